The van der Waals surface area contributed by atoms with Gasteiger partial charge in [-0.15, -0.1) is 0 Å². The lowest BCUT2D eigenvalue weighted by Gasteiger charge is -1.93. The van der Waals surface area contributed by atoms with E-state index in [2.05, 4.69) is 11.9 Å². The Labute approximate surface area is 61.7 Å². The number of hydrogen-bond acceptors (Lipinski definition) is 2. The van der Waals surface area contributed by atoms with Crippen molar-refractivity contribution in [3.8, 4) is 0 Å². The van der Waals surface area contributed by atoms with E-state index >= 15 is 0 Å². The Morgan fingerprint density at radius 1 is 1.50 bits per heavy atom. The molecule has 0 rings (SSSR count). The van der Waals surface area contributed by atoms with Crippen LogP contribution >= 0.6 is 0 Å². The summed E-state index contributed by atoms with van der Waals surface area (Å²) in [7, 11) is 0. The van der Waals surface area contributed by atoms with E-state index in [1.165, 1.54) is 0 Å². The molecule has 0 atom stereocenters. The SMILES string of the molecule is CCCN=C(C)C(C)=C=O. The van der Waals surface area contributed by atoms with Gasteiger partial charge in [-0.2, -0.15) is 0 Å². The molecule has 0 aromatic rings. The molecule has 0 bridgehead atoms. The third kappa shape index (κ3) is 3.21. The van der Waals surface area contributed by atoms with Crippen LogP contribution in [-0.4, -0.2) is 18.2 Å². The van der Waals surface area contributed by atoms with E-state index in [0.717, 1.165) is 18.7 Å². The van der Waals surface area contributed by atoms with Crippen molar-refractivity contribution >= 4 is 11.7 Å². The molecule has 2 nitrogen and oxygen atoms in total. The molecule has 0 saturated carbocycles. The van der Waals surface area contributed by atoms with Crippen molar-refractivity contribution in [3.05, 3.63) is 5.57 Å². The Morgan fingerprint density at radius 3 is 2.50 bits per heavy atom. The first-order valence-corrected chi connectivity index (χ1v) is 3.45. The molecule has 0 unspecified atom stereocenters. The standard InChI is InChI=1S/C8H13NO/c1-4-5-9-8(3)7(2)6-10/h4-5H2,1-3H3. The molecule has 0 radical (unpaired) electrons. The van der Waals surface area contributed by atoms with Gasteiger partial charge >= 0.3 is 0 Å². The second-order valence-electron chi connectivity index (χ2n) is 2.19. The molecule has 0 spiro atoms. The fraction of sp³-hybridized carbons (Fsp3) is 0.625. The normalized spacial score (nSPS) is 10.9. The summed E-state index contributed by atoms with van der Waals surface area (Å²) in [5.74, 6) is 1.81. The zero-order valence-electron chi connectivity index (χ0n) is 6.77. The maximum Gasteiger partial charge on any atom is 0.129 e. The Hall–Kier alpha value is -0.880. The molecule has 0 aliphatic heterocycles. The van der Waals surface area contributed by atoms with Gasteiger partial charge in [0, 0.05) is 12.3 Å². The monoisotopic (exact) mass is 139 g/mol. The summed E-state index contributed by atoms with van der Waals surface area (Å²) in [6.07, 6.45) is 1.02. The van der Waals surface area contributed by atoms with Crippen LogP contribution in [0, 0.1) is 0 Å². The van der Waals surface area contributed by atoms with Crippen LogP contribution in [0.3, 0.4) is 0 Å². The zero-order valence-corrected chi connectivity index (χ0v) is 6.77. The molecule has 0 aromatic heterocycles. The molecule has 0 saturated heterocycles. The summed E-state index contributed by atoms with van der Waals surface area (Å²) in [5.41, 5.74) is 1.41. The molecule has 0 aliphatic rings. The highest BCUT2D eigenvalue weighted by Gasteiger charge is 1.92. The second kappa shape index (κ2) is 4.95. The second-order valence-corrected chi connectivity index (χ2v) is 2.19. The highest BCUT2D eigenvalue weighted by molar-refractivity contribution is 6.03. The minimum atomic E-state index is 0.605. The molecular formula is C8H13NO. The van der Waals surface area contributed by atoms with Crippen molar-refractivity contribution in [2.75, 3.05) is 6.54 Å². The smallest absolute Gasteiger partial charge is 0.129 e. The predicted octanol–water partition coefficient (Wildman–Crippen LogP) is 1.64. The quantitative estimate of drug-likeness (QED) is 0.431. The van der Waals surface area contributed by atoms with Crippen LogP contribution in [0.25, 0.3) is 0 Å². The van der Waals surface area contributed by atoms with Crippen molar-refractivity contribution in [1.29, 1.82) is 0 Å². The average Bonchev–Trinajstić information content (AvgIpc) is 1.98. The van der Waals surface area contributed by atoms with Crippen molar-refractivity contribution in [2.24, 2.45) is 4.99 Å². The van der Waals surface area contributed by atoms with E-state index in [1.807, 2.05) is 12.9 Å². The number of aliphatic imine (C=N–C) groups is 1. The molecule has 0 fully saturated rings. The van der Waals surface area contributed by atoms with Gasteiger partial charge in [-0.25, -0.2) is 4.79 Å². The van der Waals surface area contributed by atoms with E-state index in [1.54, 1.807) is 6.92 Å². The summed E-state index contributed by atoms with van der Waals surface area (Å²) in [4.78, 5) is 14.2. The number of carbonyl (C=O) groups excluding carboxylic acids is 1. The summed E-state index contributed by atoms with van der Waals surface area (Å²) < 4.78 is 0. The van der Waals surface area contributed by atoms with Crippen LogP contribution in [0.4, 0.5) is 0 Å². The van der Waals surface area contributed by atoms with E-state index < -0.39 is 0 Å². The van der Waals surface area contributed by atoms with Gasteiger partial charge in [0.15, 0.2) is 0 Å². The van der Waals surface area contributed by atoms with Gasteiger partial charge in [-0.1, -0.05) is 6.92 Å². The minimum Gasteiger partial charge on any atom is -0.289 e. The molecule has 0 N–H and O–H groups in total. The summed E-state index contributed by atoms with van der Waals surface area (Å²) in [6, 6.07) is 0. The first kappa shape index (κ1) is 9.12. The minimum absolute atomic E-state index is 0.605. The maximum atomic E-state index is 10.1. The highest BCUT2D eigenvalue weighted by Crippen LogP contribution is 1.91. The van der Waals surface area contributed by atoms with E-state index in [0.29, 0.717) is 5.57 Å². The topological polar surface area (TPSA) is 29.4 Å². The fourth-order valence-electron chi connectivity index (χ4n) is 0.472. The summed E-state index contributed by atoms with van der Waals surface area (Å²) in [6.45, 7) is 6.40. The lowest BCUT2D eigenvalue weighted by atomic mass is 10.2. The molecule has 0 aromatic carbocycles. The van der Waals surface area contributed by atoms with Crippen LogP contribution in [0.2, 0.25) is 0 Å². The highest BCUT2D eigenvalue weighted by atomic mass is 16.1. The molecular weight excluding hydrogens is 126 g/mol. The third-order valence-electron chi connectivity index (χ3n) is 1.27. The molecule has 0 amide bonds. The Kier molecular flexibility index (Phi) is 4.51. The van der Waals surface area contributed by atoms with Crippen molar-refractivity contribution in [2.45, 2.75) is 27.2 Å². The Morgan fingerprint density at radius 2 is 2.10 bits per heavy atom. The van der Waals surface area contributed by atoms with Crippen LogP contribution in [-0.2, 0) is 4.79 Å². The molecule has 10 heavy (non-hydrogen) atoms. The van der Waals surface area contributed by atoms with Gasteiger partial charge in [0.25, 0.3) is 0 Å². The van der Waals surface area contributed by atoms with Gasteiger partial charge in [0.05, 0.1) is 5.57 Å². The number of allylic oxidation sites excluding steroid dienone is 1. The maximum absolute atomic E-state index is 10.1. The lowest BCUT2D eigenvalue weighted by Crippen LogP contribution is -1.95. The van der Waals surface area contributed by atoms with E-state index in [9.17, 15) is 4.79 Å². The van der Waals surface area contributed by atoms with E-state index in [-0.39, 0.29) is 0 Å². The number of rotatable bonds is 3. The van der Waals surface area contributed by atoms with Crippen molar-refractivity contribution < 1.29 is 4.79 Å². The van der Waals surface area contributed by atoms with Crippen LogP contribution in [0.1, 0.15) is 27.2 Å². The first-order valence-electron chi connectivity index (χ1n) is 3.45. The van der Waals surface area contributed by atoms with Crippen LogP contribution < -0.4 is 0 Å². The zero-order chi connectivity index (χ0) is 7.98. The lowest BCUT2D eigenvalue weighted by molar-refractivity contribution is 0.568. The van der Waals surface area contributed by atoms with Gasteiger partial charge < -0.3 is 0 Å². The average molecular weight is 139 g/mol. The molecule has 0 aliphatic carbocycles. The predicted molar refractivity (Wildman–Crippen MR) is 43.1 cm³/mol. The molecule has 0 heterocycles. The van der Waals surface area contributed by atoms with Crippen molar-refractivity contribution in [3.63, 3.8) is 0 Å². The largest absolute Gasteiger partial charge is 0.289 e. The summed E-state index contributed by atoms with van der Waals surface area (Å²) in [5, 5.41) is 0. The van der Waals surface area contributed by atoms with Crippen LogP contribution in [0.15, 0.2) is 10.6 Å². The van der Waals surface area contributed by atoms with Gasteiger partial charge in [-0.05, 0) is 20.3 Å². The summed E-state index contributed by atoms with van der Waals surface area (Å²) >= 11 is 0. The first-order chi connectivity index (χ1) is 4.72. The van der Waals surface area contributed by atoms with Gasteiger partial charge in [-0.3, -0.25) is 4.99 Å². The number of hydrogen-bond donors (Lipinski definition) is 0. The number of nitrogens with zero attached hydrogens (tertiary/aromatic N) is 1. The fourth-order valence-corrected chi connectivity index (χ4v) is 0.472. The Balaban J connectivity index is 4.06. The van der Waals surface area contributed by atoms with E-state index in [4.69, 9.17) is 0 Å². The molecule has 56 valence electrons. The third-order valence-corrected chi connectivity index (χ3v) is 1.27. The van der Waals surface area contributed by atoms with Gasteiger partial charge in [0.2, 0.25) is 0 Å². The van der Waals surface area contributed by atoms with Gasteiger partial charge in [0.1, 0.15) is 5.94 Å². The van der Waals surface area contributed by atoms with Crippen molar-refractivity contribution in [1.82, 2.24) is 0 Å². The van der Waals surface area contributed by atoms with Crippen LogP contribution in [0.5, 0.6) is 0 Å². The Bertz CT molecular complexity index is 176. The molecule has 2 heteroatoms.